The third-order valence-corrected chi connectivity index (χ3v) is 3.14. The summed E-state index contributed by atoms with van der Waals surface area (Å²) in [5.41, 5.74) is 1.74. The lowest BCUT2D eigenvalue weighted by atomic mass is 10.1. The third kappa shape index (κ3) is 7.37. The Balaban J connectivity index is 4.79. The average molecular weight is 282 g/mol. The smallest absolute Gasteiger partial charge is 0.290 e. The molecule has 0 aromatic rings. The van der Waals surface area contributed by atoms with Crippen LogP contribution in [0.15, 0.2) is 22.9 Å². The molecule has 0 aliphatic rings. The predicted molar refractivity (Wildman–Crippen MR) is 83.2 cm³/mol. The molecule has 116 valence electrons. The van der Waals surface area contributed by atoms with E-state index in [-0.39, 0.29) is 0 Å². The summed E-state index contributed by atoms with van der Waals surface area (Å²) < 4.78 is 11.1. The number of unbranched alkanes of at least 4 members (excludes halogenated alkanes) is 3. The van der Waals surface area contributed by atoms with E-state index < -0.39 is 0 Å². The number of hydrogen-bond donors (Lipinski definition) is 0. The highest BCUT2D eigenvalue weighted by molar-refractivity contribution is 5.73. The average Bonchev–Trinajstić information content (AvgIpc) is 2.44. The van der Waals surface area contributed by atoms with E-state index in [1.807, 2.05) is 20.8 Å². The van der Waals surface area contributed by atoms with Crippen LogP contribution in [0.4, 0.5) is 0 Å². The molecule has 0 aromatic heterocycles. The maximum atomic E-state index is 11.1. The number of carbonyl (C=O) groups excluding carboxylic acids is 1. The molecule has 0 saturated carbocycles. The Kier molecular flexibility index (Phi) is 10.8. The van der Waals surface area contributed by atoms with Gasteiger partial charge < -0.3 is 9.47 Å². The van der Waals surface area contributed by atoms with E-state index >= 15 is 0 Å². The number of hydrogen-bond acceptors (Lipinski definition) is 3. The molecule has 0 heterocycles. The Labute approximate surface area is 124 Å². The molecule has 0 aromatic carbocycles. The minimum Gasteiger partial charge on any atom is -0.468 e. The molecule has 0 amide bonds. The Morgan fingerprint density at radius 2 is 1.70 bits per heavy atom. The van der Waals surface area contributed by atoms with Gasteiger partial charge in [-0.2, -0.15) is 0 Å². The molecule has 0 atom stereocenters. The molecule has 0 unspecified atom stereocenters. The van der Waals surface area contributed by atoms with Crippen molar-refractivity contribution in [1.82, 2.24) is 0 Å². The summed E-state index contributed by atoms with van der Waals surface area (Å²) in [6.45, 7) is 8.29. The second kappa shape index (κ2) is 11.6. The normalized spacial score (nSPS) is 11.7. The quantitative estimate of drug-likeness (QED) is 0.228. The van der Waals surface area contributed by atoms with Gasteiger partial charge in [-0.05, 0) is 32.3 Å². The van der Waals surface area contributed by atoms with Gasteiger partial charge >= 0.3 is 0 Å². The number of methoxy groups -OCH3 is 1. The van der Waals surface area contributed by atoms with Crippen molar-refractivity contribution in [1.29, 1.82) is 0 Å². The summed E-state index contributed by atoms with van der Waals surface area (Å²) in [6, 6.07) is 0. The van der Waals surface area contributed by atoms with Gasteiger partial charge in [0.1, 0.15) is 5.76 Å². The van der Waals surface area contributed by atoms with Crippen LogP contribution in [-0.2, 0) is 14.3 Å². The first kappa shape index (κ1) is 18.8. The van der Waals surface area contributed by atoms with Gasteiger partial charge in [0.2, 0.25) is 0 Å². The van der Waals surface area contributed by atoms with Crippen LogP contribution < -0.4 is 0 Å². The zero-order valence-electron chi connectivity index (χ0n) is 13.8. The summed E-state index contributed by atoms with van der Waals surface area (Å²) in [5, 5.41) is 0. The molecule has 0 spiro atoms. The van der Waals surface area contributed by atoms with Crippen molar-refractivity contribution in [2.75, 3.05) is 7.11 Å². The molecular formula is C17H30O3. The molecule has 3 heteroatoms. The molecule has 0 N–H and O–H groups in total. The second-order valence-corrected chi connectivity index (χ2v) is 5.22. The third-order valence-electron chi connectivity index (χ3n) is 3.14. The van der Waals surface area contributed by atoms with Gasteiger partial charge in [-0.25, -0.2) is 0 Å². The number of carbonyl (C=O) groups is 1. The van der Waals surface area contributed by atoms with Crippen LogP contribution in [0.3, 0.4) is 0 Å². The molecular weight excluding hydrogens is 252 g/mol. The van der Waals surface area contributed by atoms with Gasteiger partial charge in [-0.3, -0.25) is 4.79 Å². The monoisotopic (exact) mass is 282 g/mol. The highest BCUT2D eigenvalue weighted by Gasteiger charge is 2.12. The summed E-state index contributed by atoms with van der Waals surface area (Å²) in [5.74, 6) is 1.28. The molecule has 0 aliphatic heterocycles. The Morgan fingerprint density at radius 1 is 1.00 bits per heavy atom. The fourth-order valence-corrected chi connectivity index (χ4v) is 1.94. The molecule has 0 rings (SSSR count). The number of rotatable bonds is 11. The van der Waals surface area contributed by atoms with E-state index in [9.17, 15) is 4.79 Å². The fourth-order valence-electron chi connectivity index (χ4n) is 1.94. The van der Waals surface area contributed by atoms with Crippen molar-refractivity contribution in [3.05, 3.63) is 22.9 Å². The van der Waals surface area contributed by atoms with Crippen LogP contribution in [-0.4, -0.2) is 13.4 Å². The molecule has 0 saturated heterocycles. The molecule has 0 bridgehead atoms. The van der Waals surface area contributed by atoms with Gasteiger partial charge in [0, 0.05) is 6.42 Å². The number of allylic oxidation sites excluding steroid dienone is 3. The highest BCUT2D eigenvalue weighted by atomic mass is 16.7. The summed E-state index contributed by atoms with van der Waals surface area (Å²) >= 11 is 0. The first-order valence-electron chi connectivity index (χ1n) is 7.67. The van der Waals surface area contributed by atoms with Crippen molar-refractivity contribution >= 4 is 6.29 Å². The zero-order chi connectivity index (χ0) is 15.4. The Morgan fingerprint density at radius 3 is 2.15 bits per heavy atom. The first-order valence-corrected chi connectivity index (χ1v) is 7.67. The van der Waals surface area contributed by atoms with Gasteiger partial charge in [-0.1, -0.05) is 39.5 Å². The van der Waals surface area contributed by atoms with E-state index in [0.29, 0.717) is 17.9 Å². The summed E-state index contributed by atoms with van der Waals surface area (Å²) in [4.78, 5) is 11.1. The molecule has 0 radical (unpaired) electrons. The van der Waals surface area contributed by atoms with Crippen LogP contribution in [0.5, 0.6) is 0 Å². The lowest BCUT2D eigenvalue weighted by Gasteiger charge is -2.15. The first-order chi connectivity index (χ1) is 9.60. The van der Waals surface area contributed by atoms with E-state index in [4.69, 9.17) is 9.47 Å². The topological polar surface area (TPSA) is 35.5 Å². The minimum atomic E-state index is 0.355. The number of aldehydes is 1. The van der Waals surface area contributed by atoms with Crippen molar-refractivity contribution in [3.8, 4) is 0 Å². The molecule has 0 aliphatic carbocycles. The van der Waals surface area contributed by atoms with E-state index in [1.165, 1.54) is 19.3 Å². The van der Waals surface area contributed by atoms with Crippen LogP contribution in [0, 0.1) is 0 Å². The fraction of sp³-hybridized carbons (Fsp3) is 0.706. The SMILES string of the molecule is CCCCCCC(O/C(OC)=C(\C=O)CCC)=C(C)C. The largest absolute Gasteiger partial charge is 0.468 e. The predicted octanol–water partition coefficient (Wildman–Crippen LogP) is 5.12. The Hall–Kier alpha value is -1.25. The van der Waals surface area contributed by atoms with Gasteiger partial charge in [0.05, 0.1) is 12.7 Å². The van der Waals surface area contributed by atoms with E-state index in [0.717, 1.165) is 36.9 Å². The van der Waals surface area contributed by atoms with Crippen LogP contribution in [0.2, 0.25) is 0 Å². The summed E-state index contributed by atoms with van der Waals surface area (Å²) in [6.07, 6.45) is 8.09. The lowest BCUT2D eigenvalue weighted by Crippen LogP contribution is -2.03. The maximum Gasteiger partial charge on any atom is 0.290 e. The highest BCUT2D eigenvalue weighted by Crippen LogP contribution is 2.21. The van der Waals surface area contributed by atoms with E-state index in [2.05, 4.69) is 6.92 Å². The molecule has 0 fully saturated rings. The second-order valence-electron chi connectivity index (χ2n) is 5.22. The van der Waals surface area contributed by atoms with Crippen molar-refractivity contribution in [2.45, 2.75) is 72.6 Å². The van der Waals surface area contributed by atoms with Gasteiger partial charge in [0.25, 0.3) is 5.95 Å². The van der Waals surface area contributed by atoms with Crippen LogP contribution in [0.1, 0.15) is 72.6 Å². The molecule has 3 nitrogen and oxygen atoms in total. The molecule has 20 heavy (non-hydrogen) atoms. The van der Waals surface area contributed by atoms with Crippen LogP contribution in [0.25, 0.3) is 0 Å². The Bertz CT molecular complexity index is 336. The summed E-state index contributed by atoms with van der Waals surface area (Å²) in [7, 11) is 1.55. The van der Waals surface area contributed by atoms with E-state index in [1.54, 1.807) is 7.11 Å². The van der Waals surface area contributed by atoms with Crippen molar-refractivity contribution in [3.63, 3.8) is 0 Å². The van der Waals surface area contributed by atoms with Gasteiger partial charge in [-0.15, -0.1) is 0 Å². The van der Waals surface area contributed by atoms with Crippen LogP contribution >= 0.6 is 0 Å². The van der Waals surface area contributed by atoms with Crippen molar-refractivity contribution < 1.29 is 14.3 Å². The lowest BCUT2D eigenvalue weighted by molar-refractivity contribution is -0.105. The number of ether oxygens (including phenoxy) is 2. The van der Waals surface area contributed by atoms with Crippen molar-refractivity contribution in [2.24, 2.45) is 0 Å². The zero-order valence-corrected chi connectivity index (χ0v) is 13.8. The van der Waals surface area contributed by atoms with Gasteiger partial charge in [0.15, 0.2) is 6.29 Å². The minimum absolute atomic E-state index is 0.355. The maximum absolute atomic E-state index is 11.1. The standard InChI is InChI=1S/C17H30O3/c1-6-8-9-10-12-16(14(3)4)20-17(19-5)15(13-18)11-7-2/h13H,6-12H2,1-5H3/b17-15-.